The van der Waals surface area contributed by atoms with Gasteiger partial charge in [-0.1, -0.05) is 18.2 Å². The zero-order valence-corrected chi connectivity index (χ0v) is 8.92. The number of carbonyl (C=O) groups is 1. The number of fused-ring (bicyclic) bond motifs is 1. The lowest BCUT2D eigenvalue weighted by Crippen LogP contribution is -2.36. The molecule has 0 amide bonds. The predicted molar refractivity (Wildman–Crippen MR) is 58.3 cm³/mol. The number of benzene rings is 1. The summed E-state index contributed by atoms with van der Waals surface area (Å²) >= 11 is 0. The molecule has 0 N–H and O–H groups in total. The average Bonchev–Trinajstić information content (AvgIpc) is 2.68. The van der Waals surface area contributed by atoms with E-state index in [1.807, 2.05) is 30.3 Å². The molecule has 0 fully saturated rings. The Balaban J connectivity index is 2.19. The van der Waals surface area contributed by atoms with Crippen molar-refractivity contribution >= 4 is 22.4 Å². The molecule has 4 nitrogen and oxygen atoms in total. The van der Waals surface area contributed by atoms with Crippen molar-refractivity contribution in [2.75, 3.05) is 6.61 Å². The van der Waals surface area contributed by atoms with Gasteiger partial charge < -0.3 is 9.84 Å². The van der Waals surface area contributed by atoms with Gasteiger partial charge in [0.05, 0.1) is 0 Å². The Morgan fingerprint density at radius 2 is 1.94 bits per heavy atom. The monoisotopic (exact) mass is 227 g/mol. The number of hydrogen-bond donors (Lipinski definition) is 0. The molecular formula is C13H9NO3. The molecule has 0 saturated carbocycles. The summed E-state index contributed by atoms with van der Waals surface area (Å²) in [5.74, 6) is -0.842. The minimum Gasteiger partial charge on any atom is -0.868 e. The molecule has 1 aliphatic rings. The Morgan fingerprint density at radius 1 is 1.18 bits per heavy atom. The summed E-state index contributed by atoms with van der Waals surface area (Å²) in [5.41, 5.74) is 0.0794. The molecule has 3 rings (SSSR count). The molecule has 0 radical (unpaired) electrons. The molecular weight excluding hydrogens is 218 g/mol. The second-order valence-corrected chi connectivity index (χ2v) is 3.83. The first-order valence-electron chi connectivity index (χ1n) is 5.23. The van der Waals surface area contributed by atoms with E-state index in [9.17, 15) is 9.90 Å². The zero-order valence-electron chi connectivity index (χ0n) is 8.92. The number of nitrogens with zero attached hydrogens (tertiary/aromatic N) is 1. The van der Waals surface area contributed by atoms with Gasteiger partial charge in [-0.05, 0) is 17.2 Å². The lowest BCUT2D eigenvalue weighted by Gasteiger charge is -2.01. The van der Waals surface area contributed by atoms with Crippen molar-refractivity contribution in [2.45, 2.75) is 0 Å². The number of carbonyl (C=O) groups excluding carboxylic acids is 1. The number of aromatic nitrogens is 1. The largest absolute Gasteiger partial charge is 0.868 e. The Bertz CT molecular complexity index is 646. The highest BCUT2D eigenvalue weighted by Crippen LogP contribution is 2.14. The number of hydrogen-bond acceptors (Lipinski definition) is 3. The highest BCUT2D eigenvalue weighted by molar-refractivity contribution is 6.08. The van der Waals surface area contributed by atoms with Crippen LogP contribution in [0.2, 0.25) is 0 Å². The number of rotatable bonds is 1. The van der Waals surface area contributed by atoms with E-state index in [0.29, 0.717) is 0 Å². The van der Waals surface area contributed by atoms with Gasteiger partial charge in [0.2, 0.25) is 0 Å². The van der Waals surface area contributed by atoms with Crippen LogP contribution in [0.25, 0.3) is 16.5 Å². The Morgan fingerprint density at radius 3 is 2.65 bits per heavy atom. The third-order valence-corrected chi connectivity index (χ3v) is 2.74. The summed E-state index contributed by atoms with van der Waals surface area (Å²) < 4.78 is 6.23. The minimum absolute atomic E-state index is 0.0794. The first-order chi connectivity index (χ1) is 8.25. The first kappa shape index (κ1) is 9.84. The van der Waals surface area contributed by atoms with Gasteiger partial charge in [-0.15, -0.1) is 0 Å². The summed E-state index contributed by atoms with van der Waals surface area (Å²) in [5, 5.41) is 13.5. The summed E-state index contributed by atoms with van der Waals surface area (Å²) in [4.78, 5) is 11.4. The number of pyridine rings is 1. The van der Waals surface area contributed by atoms with Crippen molar-refractivity contribution in [1.82, 2.24) is 0 Å². The fraction of sp³-hybridized carbons (Fsp3) is 0.0769. The number of esters is 1. The van der Waals surface area contributed by atoms with E-state index in [1.54, 1.807) is 12.4 Å². The van der Waals surface area contributed by atoms with Crippen LogP contribution in [0.15, 0.2) is 48.5 Å². The molecule has 0 saturated heterocycles. The van der Waals surface area contributed by atoms with E-state index in [4.69, 9.17) is 4.74 Å². The lowest BCUT2D eigenvalue weighted by molar-refractivity contribution is -0.580. The predicted octanol–water partition coefficient (Wildman–Crippen LogP) is 0.213. The van der Waals surface area contributed by atoms with Crippen molar-refractivity contribution in [3.8, 4) is 0 Å². The molecule has 0 bridgehead atoms. The highest BCUT2D eigenvalue weighted by Gasteiger charge is 2.28. The Labute approximate surface area is 97.4 Å². The maximum absolute atomic E-state index is 11.5. The first-order valence-corrected chi connectivity index (χ1v) is 5.23. The van der Waals surface area contributed by atoms with Gasteiger partial charge in [0.25, 0.3) is 5.70 Å². The minimum atomic E-state index is -0.560. The molecule has 1 aliphatic heterocycles. The van der Waals surface area contributed by atoms with E-state index in [0.717, 1.165) is 10.8 Å². The number of cyclic esters (lactones) is 1. The molecule has 4 heteroatoms. The summed E-state index contributed by atoms with van der Waals surface area (Å²) in [7, 11) is 0. The lowest BCUT2D eigenvalue weighted by atomic mass is 10.2. The van der Waals surface area contributed by atoms with Gasteiger partial charge in [-0.25, -0.2) is 4.79 Å². The van der Waals surface area contributed by atoms with Crippen LogP contribution >= 0.6 is 0 Å². The molecule has 0 spiro atoms. The SMILES string of the molecule is O=C1OCC([O-])=C1[n+]1ccc2ccccc2c1. The van der Waals surface area contributed by atoms with Crippen molar-refractivity contribution < 1.29 is 19.2 Å². The van der Waals surface area contributed by atoms with E-state index in [2.05, 4.69) is 0 Å². The van der Waals surface area contributed by atoms with Gasteiger partial charge in [0.15, 0.2) is 12.4 Å². The molecule has 2 heterocycles. The zero-order chi connectivity index (χ0) is 11.8. The van der Waals surface area contributed by atoms with Crippen molar-refractivity contribution in [3.05, 3.63) is 48.5 Å². The summed E-state index contributed by atoms with van der Waals surface area (Å²) in [6.45, 7) is -0.159. The van der Waals surface area contributed by atoms with Crippen molar-refractivity contribution in [2.24, 2.45) is 0 Å². The van der Waals surface area contributed by atoms with Crippen LogP contribution in [0.4, 0.5) is 0 Å². The molecule has 2 aromatic rings. The van der Waals surface area contributed by atoms with Crippen LogP contribution < -0.4 is 9.67 Å². The van der Waals surface area contributed by atoms with E-state index < -0.39 is 5.97 Å². The average molecular weight is 227 g/mol. The molecule has 0 atom stereocenters. The van der Waals surface area contributed by atoms with Gasteiger partial charge in [0.1, 0.15) is 6.61 Å². The molecule has 0 aliphatic carbocycles. The Hall–Kier alpha value is -2.36. The van der Waals surface area contributed by atoms with E-state index >= 15 is 0 Å². The fourth-order valence-corrected chi connectivity index (χ4v) is 1.90. The van der Waals surface area contributed by atoms with Gasteiger partial charge in [-0.3, -0.25) is 0 Å². The summed E-state index contributed by atoms with van der Waals surface area (Å²) in [6.07, 6.45) is 3.46. The maximum atomic E-state index is 11.5. The topological polar surface area (TPSA) is 53.2 Å². The fourth-order valence-electron chi connectivity index (χ4n) is 1.90. The smallest absolute Gasteiger partial charge is 0.403 e. The van der Waals surface area contributed by atoms with Crippen molar-refractivity contribution in [3.63, 3.8) is 0 Å². The quantitative estimate of drug-likeness (QED) is 0.517. The van der Waals surface area contributed by atoms with Crippen LogP contribution in [-0.4, -0.2) is 12.6 Å². The second kappa shape index (κ2) is 3.59. The van der Waals surface area contributed by atoms with Gasteiger partial charge in [0, 0.05) is 11.5 Å². The number of ether oxygens (including phenoxy) is 1. The van der Waals surface area contributed by atoms with Crippen LogP contribution in [-0.2, 0) is 9.53 Å². The highest BCUT2D eigenvalue weighted by atomic mass is 16.5. The normalized spacial score (nSPS) is 15.4. The van der Waals surface area contributed by atoms with Gasteiger partial charge in [-0.2, -0.15) is 4.57 Å². The molecule has 1 aromatic heterocycles. The molecule has 17 heavy (non-hydrogen) atoms. The third-order valence-electron chi connectivity index (χ3n) is 2.74. The molecule has 1 aromatic carbocycles. The molecule has 84 valence electrons. The van der Waals surface area contributed by atoms with E-state index in [1.165, 1.54) is 4.57 Å². The third kappa shape index (κ3) is 1.54. The standard InChI is InChI=1S/C13H9NO3/c15-11-8-17-13(16)12(11)14-6-5-9-3-1-2-4-10(9)7-14/h1-7H,8H2. The second-order valence-electron chi connectivity index (χ2n) is 3.83. The Kier molecular flexibility index (Phi) is 2.08. The van der Waals surface area contributed by atoms with Crippen molar-refractivity contribution in [1.29, 1.82) is 0 Å². The summed E-state index contributed by atoms with van der Waals surface area (Å²) in [6, 6.07) is 9.61. The van der Waals surface area contributed by atoms with Crippen LogP contribution in [0.1, 0.15) is 0 Å². The molecule has 0 unspecified atom stereocenters. The maximum Gasteiger partial charge on any atom is 0.403 e. The van der Waals surface area contributed by atoms with E-state index in [-0.39, 0.29) is 18.1 Å². The van der Waals surface area contributed by atoms with Crippen LogP contribution in [0, 0.1) is 0 Å². The van der Waals surface area contributed by atoms with Crippen LogP contribution in [0.5, 0.6) is 0 Å². The van der Waals surface area contributed by atoms with Gasteiger partial charge >= 0.3 is 5.97 Å². The van der Waals surface area contributed by atoms with Crippen LogP contribution in [0.3, 0.4) is 0 Å².